The maximum Gasteiger partial charge on any atom is 0.251 e. The van der Waals surface area contributed by atoms with E-state index in [-0.39, 0.29) is 5.91 Å². The van der Waals surface area contributed by atoms with E-state index in [2.05, 4.69) is 33.2 Å². The van der Waals surface area contributed by atoms with Crippen molar-refractivity contribution in [3.05, 3.63) is 34.3 Å². The topological polar surface area (TPSA) is 32.3 Å². The van der Waals surface area contributed by atoms with Crippen LogP contribution in [0.3, 0.4) is 0 Å². The molecule has 18 heavy (non-hydrogen) atoms. The third-order valence-electron chi connectivity index (χ3n) is 3.52. The molecule has 0 saturated carbocycles. The van der Waals surface area contributed by atoms with Crippen molar-refractivity contribution in [2.45, 2.75) is 25.3 Å². The summed E-state index contributed by atoms with van der Waals surface area (Å²) in [5.41, 5.74) is 0.712. The number of rotatable bonds is 4. The minimum absolute atomic E-state index is 0.0111. The van der Waals surface area contributed by atoms with Gasteiger partial charge in [0.25, 0.3) is 5.91 Å². The van der Waals surface area contributed by atoms with Crippen molar-refractivity contribution in [1.29, 1.82) is 0 Å². The summed E-state index contributed by atoms with van der Waals surface area (Å²) in [5.74, 6) is 0.0111. The lowest BCUT2D eigenvalue weighted by atomic mass is 10.1. The van der Waals surface area contributed by atoms with Gasteiger partial charge in [-0.3, -0.25) is 4.79 Å². The van der Waals surface area contributed by atoms with Gasteiger partial charge in [-0.25, -0.2) is 0 Å². The quantitative estimate of drug-likeness (QED) is 0.927. The summed E-state index contributed by atoms with van der Waals surface area (Å²) in [6, 6.07) is 8.11. The first-order valence-electron chi connectivity index (χ1n) is 6.41. The fraction of sp³-hybridized carbons (Fsp3) is 0.500. The number of nitrogens with zero attached hydrogens (tertiary/aromatic N) is 1. The summed E-state index contributed by atoms with van der Waals surface area (Å²) in [4.78, 5) is 14.3. The van der Waals surface area contributed by atoms with Crippen LogP contribution in [-0.4, -0.2) is 37.0 Å². The van der Waals surface area contributed by atoms with Crippen LogP contribution in [0, 0.1) is 0 Å². The normalized spacial score (nSPS) is 20.0. The van der Waals surface area contributed by atoms with E-state index < -0.39 is 0 Å². The van der Waals surface area contributed by atoms with Gasteiger partial charge in [0, 0.05) is 22.6 Å². The number of hydrogen-bond donors (Lipinski definition) is 1. The van der Waals surface area contributed by atoms with E-state index in [9.17, 15) is 4.79 Å². The van der Waals surface area contributed by atoms with Gasteiger partial charge in [0.2, 0.25) is 0 Å². The Balaban J connectivity index is 1.78. The van der Waals surface area contributed by atoms with Crippen LogP contribution in [0.2, 0.25) is 0 Å². The smallest absolute Gasteiger partial charge is 0.251 e. The van der Waals surface area contributed by atoms with Crippen molar-refractivity contribution < 1.29 is 4.79 Å². The van der Waals surface area contributed by atoms with Gasteiger partial charge < -0.3 is 10.2 Å². The molecule has 0 bridgehead atoms. The van der Waals surface area contributed by atoms with Gasteiger partial charge in [0.05, 0.1) is 0 Å². The highest BCUT2D eigenvalue weighted by molar-refractivity contribution is 9.10. The highest BCUT2D eigenvalue weighted by atomic mass is 79.9. The molecule has 4 heteroatoms. The van der Waals surface area contributed by atoms with E-state index in [1.807, 2.05) is 24.3 Å². The summed E-state index contributed by atoms with van der Waals surface area (Å²) in [5, 5.41) is 2.99. The monoisotopic (exact) mass is 310 g/mol. The molecule has 1 saturated heterocycles. The van der Waals surface area contributed by atoms with Crippen LogP contribution in [0.15, 0.2) is 28.7 Å². The van der Waals surface area contributed by atoms with Gasteiger partial charge >= 0.3 is 0 Å². The highest BCUT2D eigenvalue weighted by Crippen LogP contribution is 2.17. The van der Waals surface area contributed by atoms with Crippen molar-refractivity contribution in [2.24, 2.45) is 0 Å². The second-order valence-electron chi connectivity index (χ2n) is 4.83. The average Bonchev–Trinajstić information content (AvgIpc) is 2.75. The molecule has 2 rings (SSSR count). The van der Waals surface area contributed by atoms with Crippen molar-refractivity contribution in [2.75, 3.05) is 20.1 Å². The van der Waals surface area contributed by atoms with E-state index in [0.717, 1.165) is 17.4 Å². The summed E-state index contributed by atoms with van der Waals surface area (Å²) in [6.07, 6.45) is 3.57. The molecule has 1 aromatic carbocycles. The lowest BCUT2D eigenvalue weighted by Gasteiger charge is -2.19. The Labute approximate surface area is 117 Å². The molecule has 0 aliphatic carbocycles. The van der Waals surface area contributed by atoms with Crippen molar-refractivity contribution in [3.8, 4) is 0 Å². The van der Waals surface area contributed by atoms with Gasteiger partial charge in [-0.1, -0.05) is 22.0 Å². The van der Waals surface area contributed by atoms with Crippen molar-refractivity contribution >= 4 is 21.8 Å². The largest absolute Gasteiger partial charge is 0.352 e. The van der Waals surface area contributed by atoms with Crippen LogP contribution in [0.5, 0.6) is 0 Å². The third-order valence-corrected chi connectivity index (χ3v) is 4.01. The second-order valence-corrected chi connectivity index (χ2v) is 5.75. The fourth-order valence-electron chi connectivity index (χ4n) is 2.43. The van der Waals surface area contributed by atoms with E-state index in [1.54, 1.807) is 0 Å². The Hall–Kier alpha value is -0.870. The number of carbonyl (C=O) groups excluding carboxylic acids is 1. The molecule has 1 aliphatic rings. The van der Waals surface area contributed by atoms with E-state index in [0.29, 0.717) is 11.6 Å². The molecule has 1 heterocycles. The molecule has 1 aliphatic heterocycles. The van der Waals surface area contributed by atoms with Gasteiger partial charge in [-0.2, -0.15) is 0 Å². The number of amides is 1. The fourth-order valence-corrected chi connectivity index (χ4v) is 2.83. The van der Waals surface area contributed by atoms with Crippen molar-refractivity contribution in [3.63, 3.8) is 0 Å². The van der Waals surface area contributed by atoms with Crippen LogP contribution < -0.4 is 5.32 Å². The van der Waals surface area contributed by atoms with Crippen LogP contribution in [0.1, 0.15) is 29.6 Å². The lowest BCUT2D eigenvalue weighted by molar-refractivity contribution is 0.0950. The van der Waals surface area contributed by atoms with E-state index in [4.69, 9.17) is 0 Å². The lowest BCUT2D eigenvalue weighted by Crippen LogP contribution is -2.31. The average molecular weight is 311 g/mol. The predicted molar refractivity (Wildman–Crippen MR) is 76.7 cm³/mol. The Bertz CT molecular complexity index is 422. The van der Waals surface area contributed by atoms with Gasteiger partial charge in [0.15, 0.2) is 0 Å². The Morgan fingerprint density at radius 1 is 1.56 bits per heavy atom. The molecule has 98 valence electrons. The molecular weight excluding hydrogens is 292 g/mol. The first-order valence-corrected chi connectivity index (χ1v) is 7.20. The number of likely N-dealkylation sites (tertiary alicyclic amines) is 1. The van der Waals surface area contributed by atoms with Gasteiger partial charge in [0.1, 0.15) is 0 Å². The van der Waals surface area contributed by atoms with Crippen LogP contribution in [0.4, 0.5) is 0 Å². The second kappa shape index (κ2) is 6.34. The standard InChI is InChI=1S/C14H19BrN2O/c1-17-9-3-6-13(17)7-8-16-14(18)11-4-2-5-12(15)10-11/h2,4-5,10,13H,3,6-9H2,1H3,(H,16,18). The summed E-state index contributed by atoms with van der Waals surface area (Å²) in [7, 11) is 2.16. The molecular formula is C14H19BrN2O. The Morgan fingerprint density at radius 3 is 3.06 bits per heavy atom. The minimum Gasteiger partial charge on any atom is -0.352 e. The van der Waals surface area contributed by atoms with E-state index in [1.165, 1.54) is 19.4 Å². The molecule has 1 fully saturated rings. The Morgan fingerprint density at radius 2 is 2.39 bits per heavy atom. The summed E-state index contributed by atoms with van der Waals surface area (Å²) >= 11 is 3.37. The maximum absolute atomic E-state index is 11.9. The van der Waals surface area contributed by atoms with Crippen LogP contribution in [0.25, 0.3) is 0 Å². The zero-order valence-electron chi connectivity index (χ0n) is 10.7. The summed E-state index contributed by atoms with van der Waals surface area (Å²) < 4.78 is 0.936. The predicted octanol–water partition coefficient (Wildman–Crippen LogP) is 2.66. The first kappa shape index (κ1) is 13.6. The Kier molecular flexibility index (Phi) is 4.78. The number of carbonyl (C=O) groups is 1. The zero-order chi connectivity index (χ0) is 13.0. The molecule has 3 nitrogen and oxygen atoms in total. The molecule has 1 aromatic rings. The number of benzene rings is 1. The first-order chi connectivity index (χ1) is 8.66. The van der Waals surface area contributed by atoms with E-state index >= 15 is 0 Å². The third kappa shape index (κ3) is 3.56. The molecule has 0 aromatic heterocycles. The van der Waals surface area contributed by atoms with Gasteiger partial charge in [-0.15, -0.1) is 0 Å². The number of nitrogens with one attached hydrogen (secondary N) is 1. The maximum atomic E-state index is 11.9. The SMILES string of the molecule is CN1CCCC1CCNC(=O)c1cccc(Br)c1. The minimum atomic E-state index is 0.0111. The molecule has 1 amide bonds. The van der Waals surface area contributed by atoms with Gasteiger partial charge in [-0.05, 0) is 51.1 Å². The van der Waals surface area contributed by atoms with Crippen LogP contribution >= 0.6 is 15.9 Å². The molecule has 0 radical (unpaired) electrons. The molecule has 1 N–H and O–H groups in total. The highest BCUT2D eigenvalue weighted by Gasteiger charge is 2.20. The number of halogens is 1. The zero-order valence-corrected chi connectivity index (χ0v) is 12.2. The number of hydrogen-bond acceptors (Lipinski definition) is 2. The molecule has 1 unspecified atom stereocenters. The molecule has 1 atom stereocenters. The van der Waals surface area contributed by atoms with Crippen molar-refractivity contribution in [1.82, 2.24) is 10.2 Å². The molecule has 0 spiro atoms. The summed E-state index contributed by atoms with van der Waals surface area (Å²) in [6.45, 7) is 1.94. The van der Waals surface area contributed by atoms with Crippen LogP contribution in [-0.2, 0) is 0 Å².